The summed E-state index contributed by atoms with van der Waals surface area (Å²) in [7, 11) is 2.20. The fourth-order valence-corrected chi connectivity index (χ4v) is 1.85. The zero-order valence-electron chi connectivity index (χ0n) is 7.39. The average Bonchev–Trinajstić information content (AvgIpc) is 2.21. The van der Waals surface area contributed by atoms with Crippen molar-refractivity contribution in [2.45, 2.75) is 20.3 Å². The van der Waals surface area contributed by atoms with Crippen LogP contribution < -0.4 is 0 Å². The molecule has 1 aliphatic heterocycles. The van der Waals surface area contributed by atoms with Crippen molar-refractivity contribution in [3.05, 3.63) is 0 Å². The molecule has 0 radical (unpaired) electrons. The van der Waals surface area contributed by atoms with Crippen LogP contribution in [0.5, 0.6) is 0 Å². The molecule has 0 amide bonds. The summed E-state index contributed by atoms with van der Waals surface area (Å²) in [5.41, 5.74) is 0. The Kier molecular flexibility index (Phi) is 7.65. The van der Waals surface area contributed by atoms with E-state index in [9.17, 15) is 0 Å². The third-order valence-electron chi connectivity index (χ3n) is 1.45. The molecule has 62 valence electrons. The van der Waals surface area contributed by atoms with Gasteiger partial charge in [0.25, 0.3) is 0 Å². The van der Waals surface area contributed by atoms with Gasteiger partial charge in [-0.3, -0.25) is 0 Å². The Morgan fingerprint density at radius 3 is 2.50 bits per heavy atom. The van der Waals surface area contributed by atoms with Crippen LogP contribution in [-0.2, 0) is 0 Å². The Balaban J connectivity index is 0.000000371. The summed E-state index contributed by atoms with van der Waals surface area (Å²) in [5.74, 6) is 2.70. The van der Waals surface area contributed by atoms with E-state index in [1.54, 1.807) is 0 Å². The van der Waals surface area contributed by atoms with E-state index in [0.29, 0.717) is 0 Å². The number of hydrogen-bond acceptors (Lipinski definition) is 2. The lowest BCUT2D eigenvalue weighted by molar-refractivity contribution is 0.362. The minimum Gasteiger partial charge on any atom is -0.306 e. The van der Waals surface area contributed by atoms with Gasteiger partial charge >= 0.3 is 0 Å². The number of hydrogen-bond donors (Lipinski definition) is 0. The second-order valence-electron chi connectivity index (χ2n) is 2.27. The van der Waals surface area contributed by atoms with Crippen molar-refractivity contribution in [3.8, 4) is 0 Å². The van der Waals surface area contributed by atoms with Crippen LogP contribution in [0, 0.1) is 0 Å². The van der Waals surface area contributed by atoms with Crippen molar-refractivity contribution in [1.29, 1.82) is 0 Å². The molecule has 0 N–H and O–H groups in total. The Morgan fingerprint density at radius 2 is 1.80 bits per heavy atom. The van der Waals surface area contributed by atoms with E-state index < -0.39 is 0 Å². The maximum Gasteiger partial charge on any atom is 0.00693 e. The van der Waals surface area contributed by atoms with E-state index >= 15 is 0 Å². The molecule has 10 heavy (non-hydrogen) atoms. The van der Waals surface area contributed by atoms with Gasteiger partial charge in [0.15, 0.2) is 0 Å². The van der Waals surface area contributed by atoms with Crippen molar-refractivity contribution in [2.75, 3.05) is 31.6 Å². The van der Waals surface area contributed by atoms with Crippen LogP contribution in [0.2, 0.25) is 0 Å². The maximum absolute atomic E-state index is 2.40. The summed E-state index contributed by atoms with van der Waals surface area (Å²) in [6.45, 7) is 6.58. The predicted molar refractivity (Wildman–Crippen MR) is 50.8 cm³/mol. The van der Waals surface area contributed by atoms with Gasteiger partial charge in [-0.15, -0.1) is 0 Å². The van der Waals surface area contributed by atoms with Crippen LogP contribution in [0.4, 0.5) is 0 Å². The lowest BCUT2D eigenvalue weighted by Crippen LogP contribution is -2.20. The first-order chi connectivity index (χ1) is 4.89. The van der Waals surface area contributed by atoms with Crippen molar-refractivity contribution >= 4 is 11.8 Å². The summed E-state index contributed by atoms with van der Waals surface area (Å²) in [6.07, 6.45) is 1.38. The van der Waals surface area contributed by atoms with Gasteiger partial charge in [-0.1, -0.05) is 13.8 Å². The van der Waals surface area contributed by atoms with E-state index in [4.69, 9.17) is 0 Å². The molecule has 0 bridgehead atoms. The topological polar surface area (TPSA) is 3.24 Å². The van der Waals surface area contributed by atoms with Crippen LogP contribution in [-0.4, -0.2) is 36.5 Å². The molecule has 0 atom stereocenters. The highest BCUT2D eigenvalue weighted by atomic mass is 32.2. The number of rotatable bonds is 0. The molecule has 1 aliphatic rings. The van der Waals surface area contributed by atoms with Crippen molar-refractivity contribution < 1.29 is 0 Å². The monoisotopic (exact) mass is 161 g/mol. The molecule has 1 saturated heterocycles. The van der Waals surface area contributed by atoms with Crippen LogP contribution in [0.1, 0.15) is 20.3 Å². The Bertz CT molecular complexity index is 58.3. The molecule has 0 saturated carbocycles. The summed E-state index contributed by atoms with van der Waals surface area (Å²) in [6, 6.07) is 0. The van der Waals surface area contributed by atoms with Gasteiger partial charge in [0.1, 0.15) is 0 Å². The zero-order chi connectivity index (χ0) is 7.82. The lowest BCUT2D eigenvalue weighted by Gasteiger charge is -2.09. The first kappa shape index (κ1) is 10.3. The molecule has 0 spiro atoms. The third-order valence-corrected chi connectivity index (χ3v) is 2.49. The highest BCUT2D eigenvalue weighted by Gasteiger charge is 2.01. The van der Waals surface area contributed by atoms with Crippen LogP contribution in [0.25, 0.3) is 0 Å². The normalized spacial score (nSPS) is 20.7. The quantitative estimate of drug-likeness (QED) is 0.535. The van der Waals surface area contributed by atoms with E-state index in [-0.39, 0.29) is 0 Å². The zero-order valence-corrected chi connectivity index (χ0v) is 8.21. The van der Waals surface area contributed by atoms with Crippen LogP contribution in [0.3, 0.4) is 0 Å². The van der Waals surface area contributed by atoms with Gasteiger partial charge in [0.05, 0.1) is 0 Å². The van der Waals surface area contributed by atoms with Gasteiger partial charge in [-0.2, -0.15) is 11.8 Å². The second-order valence-corrected chi connectivity index (χ2v) is 3.49. The number of nitrogens with zero attached hydrogens (tertiary/aromatic N) is 1. The number of thioether (sulfide) groups is 1. The van der Waals surface area contributed by atoms with E-state index in [2.05, 4.69) is 23.7 Å². The van der Waals surface area contributed by atoms with Gasteiger partial charge in [0, 0.05) is 12.3 Å². The van der Waals surface area contributed by atoms with Crippen LogP contribution >= 0.6 is 11.8 Å². The van der Waals surface area contributed by atoms with Crippen molar-refractivity contribution in [1.82, 2.24) is 4.90 Å². The van der Waals surface area contributed by atoms with Crippen molar-refractivity contribution in [2.24, 2.45) is 0 Å². The maximum atomic E-state index is 2.40. The standard InChI is InChI=1S/C6H13NS.C2H6/c1-7-3-2-5-8-6-4-7;1-2/h2-6H2,1H3;1-2H3. The minimum atomic E-state index is 1.28. The molecule has 1 rings (SSSR count). The molecule has 0 unspecified atom stereocenters. The SMILES string of the molecule is CC.CN1CCCSCC1. The molecule has 1 nitrogen and oxygen atoms in total. The summed E-state index contributed by atoms with van der Waals surface area (Å²) >= 11 is 2.08. The van der Waals surface area contributed by atoms with Gasteiger partial charge in [0.2, 0.25) is 0 Å². The van der Waals surface area contributed by atoms with E-state index in [0.717, 1.165) is 0 Å². The molecule has 0 aromatic heterocycles. The molecule has 0 aromatic carbocycles. The van der Waals surface area contributed by atoms with Gasteiger partial charge in [-0.25, -0.2) is 0 Å². The van der Waals surface area contributed by atoms with Gasteiger partial charge in [-0.05, 0) is 25.8 Å². The highest BCUT2D eigenvalue weighted by Crippen LogP contribution is 2.07. The second kappa shape index (κ2) is 7.42. The smallest absolute Gasteiger partial charge is 0.00693 e. The predicted octanol–water partition coefficient (Wildman–Crippen LogP) is 2.08. The summed E-state index contributed by atoms with van der Waals surface area (Å²) < 4.78 is 0. The lowest BCUT2D eigenvalue weighted by atomic mass is 10.4. The highest BCUT2D eigenvalue weighted by molar-refractivity contribution is 7.99. The summed E-state index contributed by atoms with van der Waals surface area (Å²) in [5, 5.41) is 0. The average molecular weight is 161 g/mol. The Hall–Kier alpha value is 0.310. The largest absolute Gasteiger partial charge is 0.306 e. The molecule has 0 aromatic rings. The molecule has 0 aliphatic carbocycles. The molecule has 1 heterocycles. The molecular formula is C8H19NS. The van der Waals surface area contributed by atoms with E-state index in [1.165, 1.54) is 31.0 Å². The molecule has 1 fully saturated rings. The molecular weight excluding hydrogens is 142 g/mol. The van der Waals surface area contributed by atoms with Crippen molar-refractivity contribution in [3.63, 3.8) is 0 Å². The first-order valence-electron chi connectivity index (χ1n) is 4.16. The Morgan fingerprint density at radius 1 is 1.10 bits per heavy atom. The Labute approximate surface area is 69.2 Å². The summed E-state index contributed by atoms with van der Waals surface area (Å²) in [4.78, 5) is 2.40. The van der Waals surface area contributed by atoms with E-state index in [1.807, 2.05) is 13.8 Å². The fraction of sp³-hybridized carbons (Fsp3) is 1.00. The third kappa shape index (κ3) is 5.12. The minimum absolute atomic E-state index is 1.28. The fourth-order valence-electron chi connectivity index (χ4n) is 0.871. The van der Waals surface area contributed by atoms with Crippen LogP contribution in [0.15, 0.2) is 0 Å². The molecule has 2 heteroatoms. The van der Waals surface area contributed by atoms with Gasteiger partial charge < -0.3 is 4.90 Å². The first-order valence-corrected chi connectivity index (χ1v) is 5.31.